The van der Waals surface area contributed by atoms with Crippen LogP contribution in [0.4, 0.5) is 0 Å². The fraction of sp³-hybridized carbons (Fsp3) is 0.188. The Morgan fingerprint density at radius 3 is 2.39 bits per heavy atom. The third-order valence-electron chi connectivity index (χ3n) is 2.68. The third kappa shape index (κ3) is 7.58. The summed E-state index contributed by atoms with van der Waals surface area (Å²) in [5.41, 5.74) is 2.26. The van der Waals surface area contributed by atoms with E-state index in [0.717, 1.165) is 24.5 Å². The smallest absolute Gasteiger partial charge is 0.414 e. The summed E-state index contributed by atoms with van der Waals surface area (Å²) in [4.78, 5) is 22.5. The van der Waals surface area contributed by atoms with Crippen molar-refractivity contribution in [1.82, 2.24) is 10.3 Å². The highest BCUT2D eigenvalue weighted by Crippen LogP contribution is 2.12. The van der Waals surface area contributed by atoms with Gasteiger partial charge in [-0.1, -0.05) is 18.2 Å². The van der Waals surface area contributed by atoms with Gasteiger partial charge in [0.1, 0.15) is 5.75 Å². The van der Waals surface area contributed by atoms with Gasteiger partial charge in [-0.2, -0.15) is 0 Å². The molecule has 122 valence electrons. The Labute approximate surface area is 133 Å². The first kappa shape index (κ1) is 18.1. The van der Waals surface area contributed by atoms with Crippen LogP contribution in [0.2, 0.25) is 0 Å². The van der Waals surface area contributed by atoms with Gasteiger partial charge in [0.05, 0.1) is 12.8 Å². The van der Waals surface area contributed by atoms with Crippen LogP contribution < -0.4 is 10.1 Å². The van der Waals surface area contributed by atoms with E-state index in [1.165, 1.54) is 5.56 Å². The van der Waals surface area contributed by atoms with Crippen molar-refractivity contribution in [3.05, 3.63) is 59.9 Å². The van der Waals surface area contributed by atoms with Gasteiger partial charge in [-0.15, -0.1) is 0 Å². The van der Waals surface area contributed by atoms with Gasteiger partial charge in [0.25, 0.3) is 0 Å². The standard InChI is InChI=1S/C14H16N2O.C2H2O4/c1-17-14-7-4-5-12(9-14)10-15-11-13-6-2-3-8-16-13;3-1(4)2(5)6/h2-9,15H,10-11H2,1H3;(H,3,4)(H,5,6). The van der Waals surface area contributed by atoms with E-state index in [1.54, 1.807) is 7.11 Å². The molecule has 23 heavy (non-hydrogen) atoms. The maximum absolute atomic E-state index is 9.10. The Morgan fingerprint density at radius 1 is 1.09 bits per heavy atom. The summed E-state index contributed by atoms with van der Waals surface area (Å²) in [7, 11) is 1.68. The molecule has 0 unspecified atom stereocenters. The highest BCUT2D eigenvalue weighted by molar-refractivity contribution is 6.27. The lowest BCUT2D eigenvalue weighted by Gasteiger charge is -2.06. The zero-order valence-corrected chi connectivity index (χ0v) is 12.6. The molecule has 0 atom stereocenters. The Balaban J connectivity index is 0.000000379. The van der Waals surface area contributed by atoms with E-state index in [2.05, 4.69) is 16.4 Å². The summed E-state index contributed by atoms with van der Waals surface area (Å²) < 4.78 is 5.18. The summed E-state index contributed by atoms with van der Waals surface area (Å²) in [6, 6.07) is 14.0. The van der Waals surface area contributed by atoms with Crippen LogP contribution in [0.25, 0.3) is 0 Å². The fourth-order valence-corrected chi connectivity index (χ4v) is 1.62. The quantitative estimate of drug-likeness (QED) is 0.717. The molecule has 0 bridgehead atoms. The van der Waals surface area contributed by atoms with Crippen molar-refractivity contribution < 1.29 is 24.5 Å². The summed E-state index contributed by atoms with van der Waals surface area (Å²) in [6.45, 7) is 1.59. The van der Waals surface area contributed by atoms with Crippen LogP contribution in [0.5, 0.6) is 5.75 Å². The average molecular weight is 318 g/mol. The monoisotopic (exact) mass is 318 g/mol. The second-order valence-electron chi connectivity index (χ2n) is 4.39. The van der Waals surface area contributed by atoms with Crippen molar-refractivity contribution >= 4 is 11.9 Å². The van der Waals surface area contributed by atoms with Crippen molar-refractivity contribution in [2.45, 2.75) is 13.1 Å². The van der Waals surface area contributed by atoms with E-state index in [0.29, 0.717) is 0 Å². The van der Waals surface area contributed by atoms with Crippen molar-refractivity contribution in [3.63, 3.8) is 0 Å². The third-order valence-corrected chi connectivity index (χ3v) is 2.68. The van der Waals surface area contributed by atoms with Crippen molar-refractivity contribution in [1.29, 1.82) is 0 Å². The molecule has 2 aromatic rings. The molecule has 0 saturated carbocycles. The molecule has 7 heteroatoms. The molecular formula is C16H18N2O5. The minimum absolute atomic E-state index is 0.776. The molecule has 1 aromatic heterocycles. The van der Waals surface area contributed by atoms with Crippen LogP contribution in [0, 0.1) is 0 Å². The number of aromatic nitrogens is 1. The molecule has 0 aliphatic carbocycles. The number of carboxylic acid groups (broad SMARTS) is 2. The Hall–Kier alpha value is -2.93. The Kier molecular flexibility index (Phi) is 7.81. The van der Waals surface area contributed by atoms with Gasteiger partial charge < -0.3 is 20.3 Å². The number of benzene rings is 1. The normalized spacial score (nSPS) is 9.43. The number of rotatable bonds is 5. The SMILES string of the molecule is COc1cccc(CNCc2ccccn2)c1.O=C(O)C(=O)O. The van der Waals surface area contributed by atoms with E-state index in [9.17, 15) is 0 Å². The first-order valence-corrected chi connectivity index (χ1v) is 6.72. The van der Waals surface area contributed by atoms with Gasteiger partial charge in [-0.05, 0) is 29.8 Å². The highest BCUT2D eigenvalue weighted by atomic mass is 16.5. The van der Waals surface area contributed by atoms with Crippen LogP contribution in [-0.2, 0) is 22.7 Å². The number of methoxy groups -OCH3 is 1. The second kappa shape index (κ2) is 9.91. The first-order valence-electron chi connectivity index (χ1n) is 6.72. The largest absolute Gasteiger partial charge is 0.497 e. The summed E-state index contributed by atoms with van der Waals surface area (Å²) in [5.74, 6) is -2.76. The van der Waals surface area contributed by atoms with Crippen LogP contribution >= 0.6 is 0 Å². The van der Waals surface area contributed by atoms with Gasteiger partial charge in [-0.25, -0.2) is 9.59 Å². The molecule has 0 amide bonds. The van der Waals surface area contributed by atoms with E-state index in [1.807, 2.05) is 42.6 Å². The maximum atomic E-state index is 9.10. The topological polar surface area (TPSA) is 109 Å². The van der Waals surface area contributed by atoms with E-state index < -0.39 is 11.9 Å². The lowest BCUT2D eigenvalue weighted by atomic mass is 10.2. The zero-order chi connectivity index (χ0) is 17.1. The molecule has 0 saturated heterocycles. The molecule has 7 nitrogen and oxygen atoms in total. The molecule has 0 radical (unpaired) electrons. The van der Waals surface area contributed by atoms with Crippen LogP contribution in [-0.4, -0.2) is 34.2 Å². The highest BCUT2D eigenvalue weighted by Gasteiger charge is 2.04. The number of pyridine rings is 1. The fourth-order valence-electron chi connectivity index (χ4n) is 1.62. The average Bonchev–Trinajstić information content (AvgIpc) is 2.56. The number of carboxylic acids is 2. The zero-order valence-electron chi connectivity index (χ0n) is 12.6. The second-order valence-corrected chi connectivity index (χ2v) is 4.39. The minimum atomic E-state index is -1.82. The number of nitrogens with one attached hydrogen (secondary N) is 1. The van der Waals surface area contributed by atoms with E-state index >= 15 is 0 Å². The van der Waals surface area contributed by atoms with Crippen molar-refractivity contribution in [2.75, 3.05) is 7.11 Å². The van der Waals surface area contributed by atoms with Gasteiger partial charge in [-0.3, -0.25) is 4.98 Å². The molecule has 1 heterocycles. The number of carbonyl (C=O) groups is 2. The maximum Gasteiger partial charge on any atom is 0.414 e. The van der Waals surface area contributed by atoms with Crippen molar-refractivity contribution in [3.8, 4) is 5.75 Å². The predicted molar refractivity (Wildman–Crippen MR) is 83.0 cm³/mol. The molecule has 3 N–H and O–H groups in total. The van der Waals surface area contributed by atoms with E-state index in [4.69, 9.17) is 24.5 Å². The number of hydrogen-bond acceptors (Lipinski definition) is 5. The molecule has 0 spiro atoms. The van der Waals surface area contributed by atoms with Gasteiger partial charge in [0.15, 0.2) is 0 Å². The van der Waals surface area contributed by atoms with E-state index in [-0.39, 0.29) is 0 Å². The molecule has 0 fully saturated rings. The van der Waals surface area contributed by atoms with Crippen LogP contribution in [0.1, 0.15) is 11.3 Å². The summed E-state index contributed by atoms with van der Waals surface area (Å²) >= 11 is 0. The lowest BCUT2D eigenvalue weighted by molar-refractivity contribution is -0.159. The van der Waals surface area contributed by atoms with Crippen molar-refractivity contribution in [2.24, 2.45) is 0 Å². The molecule has 1 aromatic carbocycles. The Bertz CT molecular complexity index is 619. The minimum Gasteiger partial charge on any atom is -0.497 e. The Morgan fingerprint density at radius 2 is 1.83 bits per heavy atom. The van der Waals surface area contributed by atoms with Gasteiger partial charge in [0, 0.05) is 19.3 Å². The number of ether oxygens (including phenoxy) is 1. The number of hydrogen-bond donors (Lipinski definition) is 3. The lowest BCUT2D eigenvalue weighted by Crippen LogP contribution is -2.13. The molecule has 0 aliphatic rings. The number of aliphatic carboxylic acids is 2. The summed E-state index contributed by atoms with van der Waals surface area (Å²) in [6.07, 6.45) is 1.81. The first-order chi connectivity index (χ1) is 11.0. The molecular weight excluding hydrogens is 300 g/mol. The van der Waals surface area contributed by atoms with Crippen LogP contribution in [0.15, 0.2) is 48.7 Å². The predicted octanol–water partition coefficient (Wildman–Crippen LogP) is 1.54. The van der Waals surface area contributed by atoms with Gasteiger partial charge >= 0.3 is 11.9 Å². The molecule has 0 aliphatic heterocycles. The molecule has 2 rings (SSSR count). The van der Waals surface area contributed by atoms with Crippen LogP contribution in [0.3, 0.4) is 0 Å². The van der Waals surface area contributed by atoms with Gasteiger partial charge in [0.2, 0.25) is 0 Å². The number of nitrogens with zero attached hydrogens (tertiary/aromatic N) is 1. The summed E-state index contributed by atoms with van der Waals surface area (Å²) in [5, 5.41) is 18.1.